The molecule has 2 rings (SSSR count). The van der Waals surface area contributed by atoms with Crippen LogP contribution in [0.4, 0.5) is 5.69 Å². The maximum atomic E-state index is 11.8. The molecular formula is C17H16N2O3. The zero-order chi connectivity index (χ0) is 15.8. The van der Waals surface area contributed by atoms with Gasteiger partial charge in [0, 0.05) is 11.8 Å². The van der Waals surface area contributed by atoms with Gasteiger partial charge >= 0.3 is 0 Å². The minimum absolute atomic E-state index is 0.169. The Balaban J connectivity index is 1.81. The Kier molecular flexibility index (Phi) is 5.38. The van der Waals surface area contributed by atoms with E-state index in [0.29, 0.717) is 22.7 Å². The van der Waals surface area contributed by atoms with E-state index in [9.17, 15) is 4.79 Å². The molecule has 0 fully saturated rings. The highest BCUT2D eigenvalue weighted by molar-refractivity contribution is 5.90. The molecule has 0 heterocycles. The number of anilines is 1. The highest BCUT2D eigenvalue weighted by Crippen LogP contribution is 2.19. The van der Waals surface area contributed by atoms with E-state index in [1.807, 2.05) is 18.2 Å². The van der Waals surface area contributed by atoms with E-state index < -0.39 is 0 Å². The van der Waals surface area contributed by atoms with Crippen LogP contribution < -0.4 is 14.8 Å². The topological polar surface area (TPSA) is 71.3 Å². The van der Waals surface area contributed by atoms with Gasteiger partial charge in [0.05, 0.1) is 31.8 Å². The van der Waals surface area contributed by atoms with Crippen LogP contribution >= 0.6 is 0 Å². The maximum Gasteiger partial charge on any atom is 0.227 e. The highest BCUT2D eigenvalue weighted by atomic mass is 16.5. The molecule has 0 atom stereocenters. The van der Waals surface area contributed by atoms with E-state index in [4.69, 9.17) is 14.7 Å². The van der Waals surface area contributed by atoms with Crippen LogP contribution in [-0.4, -0.2) is 19.6 Å². The standard InChI is InChI=1S/C17H16N2O3/c1-21-15-6-3-7-16(11-15)22-9-8-17(20)19-14-5-2-4-13(10-14)12-18/h2-7,10-11H,8-9H2,1H3,(H,19,20). The molecule has 2 aromatic rings. The van der Waals surface area contributed by atoms with Crippen molar-refractivity contribution in [2.75, 3.05) is 19.0 Å². The van der Waals surface area contributed by atoms with Gasteiger partial charge in [-0.2, -0.15) is 5.26 Å². The summed E-state index contributed by atoms with van der Waals surface area (Å²) in [5.41, 5.74) is 1.11. The number of rotatable bonds is 6. The number of carbonyl (C=O) groups is 1. The second-order valence-corrected chi connectivity index (χ2v) is 4.52. The number of ether oxygens (including phenoxy) is 2. The van der Waals surface area contributed by atoms with Crippen molar-refractivity contribution in [2.24, 2.45) is 0 Å². The largest absolute Gasteiger partial charge is 0.497 e. The fourth-order valence-corrected chi connectivity index (χ4v) is 1.84. The summed E-state index contributed by atoms with van der Waals surface area (Å²) >= 11 is 0. The minimum atomic E-state index is -0.169. The molecule has 112 valence electrons. The average Bonchev–Trinajstić information content (AvgIpc) is 2.55. The number of methoxy groups -OCH3 is 1. The number of amides is 1. The number of nitriles is 1. The lowest BCUT2D eigenvalue weighted by Gasteiger charge is -2.08. The third-order valence-electron chi connectivity index (χ3n) is 2.91. The van der Waals surface area contributed by atoms with Crippen molar-refractivity contribution in [1.82, 2.24) is 0 Å². The molecule has 0 aliphatic carbocycles. The monoisotopic (exact) mass is 296 g/mol. The summed E-state index contributed by atoms with van der Waals surface area (Å²) in [5.74, 6) is 1.19. The predicted molar refractivity (Wildman–Crippen MR) is 82.9 cm³/mol. The lowest BCUT2D eigenvalue weighted by Crippen LogP contribution is -2.15. The molecule has 0 unspecified atom stereocenters. The Hall–Kier alpha value is -3.00. The van der Waals surface area contributed by atoms with Gasteiger partial charge in [-0.25, -0.2) is 0 Å². The molecule has 0 bridgehead atoms. The van der Waals surface area contributed by atoms with Gasteiger partial charge in [-0.15, -0.1) is 0 Å². The van der Waals surface area contributed by atoms with Crippen LogP contribution in [0.15, 0.2) is 48.5 Å². The van der Waals surface area contributed by atoms with Crippen LogP contribution in [0.1, 0.15) is 12.0 Å². The summed E-state index contributed by atoms with van der Waals surface area (Å²) in [6, 6.07) is 16.0. The van der Waals surface area contributed by atoms with E-state index in [1.165, 1.54) is 0 Å². The van der Waals surface area contributed by atoms with Crippen molar-refractivity contribution in [3.05, 3.63) is 54.1 Å². The fourth-order valence-electron chi connectivity index (χ4n) is 1.84. The molecule has 2 aromatic carbocycles. The lowest BCUT2D eigenvalue weighted by atomic mass is 10.2. The smallest absolute Gasteiger partial charge is 0.227 e. The summed E-state index contributed by atoms with van der Waals surface area (Å²) in [6.45, 7) is 0.261. The zero-order valence-electron chi connectivity index (χ0n) is 12.2. The Morgan fingerprint density at radius 3 is 2.73 bits per heavy atom. The average molecular weight is 296 g/mol. The molecule has 0 spiro atoms. The van der Waals surface area contributed by atoms with Crippen LogP contribution in [0.25, 0.3) is 0 Å². The highest BCUT2D eigenvalue weighted by Gasteiger charge is 2.04. The lowest BCUT2D eigenvalue weighted by molar-refractivity contribution is -0.116. The molecule has 0 aromatic heterocycles. The minimum Gasteiger partial charge on any atom is -0.497 e. The SMILES string of the molecule is COc1cccc(OCCC(=O)Nc2cccc(C#N)c2)c1. The van der Waals surface area contributed by atoms with Gasteiger partial charge in [0.2, 0.25) is 5.91 Å². The Labute approximate surface area is 129 Å². The van der Waals surface area contributed by atoms with Gasteiger partial charge < -0.3 is 14.8 Å². The molecule has 0 saturated carbocycles. The molecular weight excluding hydrogens is 280 g/mol. The molecule has 0 aliphatic rings. The molecule has 1 N–H and O–H groups in total. The number of benzene rings is 2. The van der Waals surface area contributed by atoms with E-state index >= 15 is 0 Å². The first-order valence-corrected chi connectivity index (χ1v) is 6.78. The molecule has 5 heteroatoms. The van der Waals surface area contributed by atoms with Crippen molar-refractivity contribution in [3.8, 4) is 17.6 Å². The quantitative estimate of drug-likeness (QED) is 0.889. The first kappa shape index (κ1) is 15.4. The fraction of sp³-hybridized carbons (Fsp3) is 0.176. The van der Waals surface area contributed by atoms with Gasteiger partial charge in [0.15, 0.2) is 0 Å². The Morgan fingerprint density at radius 2 is 1.95 bits per heavy atom. The van der Waals surface area contributed by atoms with Crippen LogP contribution in [0, 0.1) is 11.3 Å². The third kappa shape index (κ3) is 4.53. The normalized spacial score (nSPS) is 9.64. The third-order valence-corrected chi connectivity index (χ3v) is 2.91. The number of hydrogen-bond acceptors (Lipinski definition) is 4. The van der Waals surface area contributed by atoms with Crippen molar-refractivity contribution in [2.45, 2.75) is 6.42 Å². The van der Waals surface area contributed by atoms with Crippen molar-refractivity contribution >= 4 is 11.6 Å². The molecule has 0 aliphatic heterocycles. The summed E-state index contributed by atoms with van der Waals surface area (Å²) < 4.78 is 10.6. The first-order valence-electron chi connectivity index (χ1n) is 6.78. The van der Waals surface area contributed by atoms with Gasteiger partial charge in [-0.05, 0) is 30.3 Å². The molecule has 1 amide bonds. The maximum absolute atomic E-state index is 11.8. The van der Waals surface area contributed by atoms with E-state index in [-0.39, 0.29) is 18.9 Å². The Bertz CT molecular complexity index is 692. The van der Waals surface area contributed by atoms with Crippen LogP contribution in [0.3, 0.4) is 0 Å². The van der Waals surface area contributed by atoms with Crippen molar-refractivity contribution < 1.29 is 14.3 Å². The van der Waals surface area contributed by atoms with Gasteiger partial charge in [0.25, 0.3) is 0 Å². The second-order valence-electron chi connectivity index (χ2n) is 4.52. The van der Waals surface area contributed by atoms with Crippen molar-refractivity contribution in [1.29, 1.82) is 5.26 Å². The van der Waals surface area contributed by atoms with Crippen LogP contribution in [0.2, 0.25) is 0 Å². The van der Waals surface area contributed by atoms with E-state index in [2.05, 4.69) is 5.32 Å². The van der Waals surface area contributed by atoms with Gasteiger partial charge in [0.1, 0.15) is 11.5 Å². The molecule has 0 saturated heterocycles. The van der Waals surface area contributed by atoms with Gasteiger partial charge in [-0.1, -0.05) is 12.1 Å². The molecule has 0 radical (unpaired) electrons. The second kappa shape index (κ2) is 7.70. The van der Waals surface area contributed by atoms with E-state index in [1.54, 1.807) is 43.5 Å². The molecule has 5 nitrogen and oxygen atoms in total. The van der Waals surface area contributed by atoms with E-state index in [0.717, 1.165) is 0 Å². The number of carbonyl (C=O) groups excluding carboxylic acids is 1. The number of hydrogen-bond donors (Lipinski definition) is 1. The number of nitrogens with one attached hydrogen (secondary N) is 1. The van der Waals surface area contributed by atoms with Crippen molar-refractivity contribution in [3.63, 3.8) is 0 Å². The van der Waals surface area contributed by atoms with Crippen LogP contribution in [-0.2, 0) is 4.79 Å². The summed E-state index contributed by atoms with van der Waals surface area (Å²) in [5, 5.41) is 11.5. The number of nitrogens with zero attached hydrogens (tertiary/aromatic N) is 1. The zero-order valence-corrected chi connectivity index (χ0v) is 12.2. The first-order chi connectivity index (χ1) is 10.7. The van der Waals surface area contributed by atoms with Gasteiger partial charge in [-0.3, -0.25) is 4.79 Å². The summed E-state index contributed by atoms with van der Waals surface area (Å²) in [7, 11) is 1.59. The van der Waals surface area contributed by atoms with Crippen LogP contribution in [0.5, 0.6) is 11.5 Å². The predicted octanol–water partition coefficient (Wildman–Crippen LogP) is 2.97. The Morgan fingerprint density at radius 1 is 1.18 bits per heavy atom. The molecule has 22 heavy (non-hydrogen) atoms. The summed E-state index contributed by atoms with van der Waals surface area (Å²) in [6.07, 6.45) is 0.216. The summed E-state index contributed by atoms with van der Waals surface area (Å²) in [4.78, 5) is 11.8.